The van der Waals surface area contributed by atoms with E-state index in [1.54, 1.807) is 11.8 Å². The van der Waals surface area contributed by atoms with Gasteiger partial charge in [-0.2, -0.15) is 0 Å². The Bertz CT molecular complexity index is 381. The maximum atomic E-state index is 13.5. The van der Waals surface area contributed by atoms with Crippen LogP contribution in [0.25, 0.3) is 0 Å². The van der Waals surface area contributed by atoms with Gasteiger partial charge in [-0.1, -0.05) is 12.2 Å². The van der Waals surface area contributed by atoms with Crippen LogP contribution in [0.3, 0.4) is 0 Å². The minimum atomic E-state index is -0.559. The van der Waals surface area contributed by atoms with E-state index in [0.29, 0.717) is 0 Å². The molecule has 1 aromatic rings. The fourth-order valence-electron chi connectivity index (χ4n) is 1.59. The summed E-state index contributed by atoms with van der Waals surface area (Å²) in [4.78, 5) is 0. The number of hydrogen-bond acceptors (Lipinski definition) is 2. The van der Waals surface area contributed by atoms with Crippen molar-refractivity contribution in [1.29, 1.82) is 0 Å². The number of benzene rings is 1. The van der Waals surface area contributed by atoms with Crippen molar-refractivity contribution in [1.82, 2.24) is 0 Å². The lowest BCUT2D eigenvalue weighted by Crippen LogP contribution is -2.04. The summed E-state index contributed by atoms with van der Waals surface area (Å²) in [5.74, 6) is -0.224. The van der Waals surface area contributed by atoms with Gasteiger partial charge >= 0.3 is 0 Å². The predicted octanol–water partition coefficient (Wildman–Crippen LogP) is 3.28. The number of halogens is 2. The standard InChI is InChI=1S/C11H11F2NS/c12-8-5-7(14)6-9(13)11(8)10-3-1-2-4-15-10/h1,3,5-6,10H,2,4,14H2. The quantitative estimate of drug-likeness (QED) is 0.588. The van der Waals surface area contributed by atoms with Gasteiger partial charge in [0.15, 0.2) is 0 Å². The summed E-state index contributed by atoms with van der Waals surface area (Å²) in [5, 5.41) is -0.223. The third-order valence-corrected chi connectivity index (χ3v) is 3.50. The summed E-state index contributed by atoms with van der Waals surface area (Å²) in [6.07, 6.45) is 4.75. The van der Waals surface area contributed by atoms with Crippen molar-refractivity contribution >= 4 is 17.4 Å². The Kier molecular flexibility index (Phi) is 2.95. The van der Waals surface area contributed by atoms with Gasteiger partial charge in [0.05, 0.1) is 5.25 Å². The van der Waals surface area contributed by atoms with Crippen molar-refractivity contribution in [2.45, 2.75) is 11.7 Å². The average Bonchev–Trinajstić information content (AvgIpc) is 2.17. The number of thioether (sulfide) groups is 1. The molecule has 0 fully saturated rings. The van der Waals surface area contributed by atoms with Crippen LogP contribution in [-0.2, 0) is 0 Å². The first-order valence-electron chi connectivity index (χ1n) is 4.71. The Morgan fingerprint density at radius 3 is 2.47 bits per heavy atom. The van der Waals surface area contributed by atoms with E-state index < -0.39 is 11.6 Å². The molecule has 0 saturated heterocycles. The first kappa shape index (κ1) is 10.5. The summed E-state index contributed by atoms with van der Waals surface area (Å²) < 4.78 is 27.1. The van der Waals surface area contributed by atoms with Crippen LogP contribution in [0.4, 0.5) is 14.5 Å². The monoisotopic (exact) mass is 227 g/mol. The Balaban J connectivity index is 2.42. The SMILES string of the molecule is Nc1cc(F)c(C2C=CCCS2)c(F)c1. The first-order valence-corrected chi connectivity index (χ1v) is 5.76. The lowest BCUT2D eigenvalue weighted by Gasteiger charge is -2.17. The second-order valence-corrected chi connectivity index (χ2v) is 4.66. The van der Waals surface area contributed by atoms with Crippen molar-refractivity contribution in [2.24, 2.45) is 0 Å². The number of anilines is 1. The van der Waals surface area contributed by atoms with Crippen LogP contribution in [-0.4, -0.2) is 5.75 Å². The molecule has 0 amide bonds. The van der Waals surface area contributed by atoms with Crippen molar-refractivity contribution < 1.29 is 8.78 Å². The number of hydrogen-bond donors (Lipinski definition) is 1. The van der Waals surface area contributed by atoms with E-state index in [1.165, 1.54) is 12.1 Å². The molecule has 80 valence electrons. The highest BCUT2D eigenvalue weighted by molar-refractivity contribution is 7.99. The highest BCUT2D eigenvalue weighted by Gasteiger charge is 2.20. The lowest BCUT2D eigenvalue weighted by atomic mass is 10.1. The van der Waals surface area contributed by atoms with Gasteiger partial charge in [-0.15, -0.1) is 11.8 Å². The molecule has 2 rings (SSSR count). The van der Waals surface area contributed by atoms with E-state index in [1.807, 2.05) is 12.2 Å². The van der Waals surface area contributed by atoms with Gasteiger partial charge in [-0.3, -0.25) is 0 Å². The molecular formula is C11H11F2NS. The molecule has 0 aromatic heterocycles. The molecule has 1 aliphatic heterocycles. The van der Waals surface area contributed by atoms with Gasteiger partial charge in [0.25, 0.3) is 0 Å². The van der Waals surface area contributed by atoms with Crippen LogP contribution in [0, 0.1) is 11.6 Å². The number of nitrogen functional groups attached to an aromatic ring is 1. The highest BCUT2D eigenvalue weighted by Crippen LogP contribution is 2.37. The molecule has 0 saturated carbocycles. The molecule has 4 heteroatoms. The zero-order valence-corrected chi connectivity index (χ0v) is 8.86. The fraction of sp³-hybridized carbons (Fsp3) is 0.273. The Morgan fingerprint density at radius 1 is 1.27 bits per heavy atom. The third kappa shape index (κ3) is 2.15. The van der Waals surface area contributed by atoms with Gasteiger partial charge < -0.3 is 5.73 Å². The fourth-order valence-corrected chi connectivity index (χ4v) is 2.73. The molecule has 1 heterocycles. The van der Waals surface area contributed by atoms with Gasteiger partial charge in [-0.05, 0) is 24.3 Å². The van der Waals surface area contributed by atoms with Gasteiger partial charge in [0.1, 0.15) is 11.6 Å². The van der Waals surface area contributed by atoms with Crippen molar-refractivity contribution in [3.8, 4) is 0 Å². The molecule has 1 aliphatic rings. The summed E-state index contributed by atoms with van der Waals surface area (Å²) in [6, 6.07) is 2.34. The van der Waals surface area contributed by atoms with E-state index in [4.69, 9.17) is 5.73 Å². The molecule has 1 nitrogen and oxygen atoms in total. The molecule has 15 heavy (non-hydrogen) atoms. The van der Waals surface area contributed by atoms with Crippen molar-refractivity contribution in [3.05, 3.63) is 41.5 Å². The number of rotatable bonds is 1. The van der Waals surface area contributed by atoms with Crippen molar-refractivity contribution in [3.63, 3.8) is 0 Å². The summed E-state index contributed by atoms with van der Waals surface area (Å²) in [5.41, 5.74) is 5.59. The Hall–Kier alpha value is -1.03. The zero-order chi connectivity index (χ0) is 10.8. The number of nitrogens with two attached hydrogens (primary N) is 1. The lowest BCUT2D eigenvalue weighted by molar-refractivity contribution is 0.562. The van der Waals surface area contributed by atoms with Crippen LogP contribution in [0.2, 0.25) is 0 Å². The van der Waals surface area contributed by atoms with Crippen LogP contribution in [0.1, 0.15) is 17.2 Å². The zero-order valence-electron chi connectivity index (χ0n) is 8.04. The largest absolute Gasteiger partial charge is 0.399 e. The molecule has 1 atom stereocenters. The van der Waals surface area contributed by atoms with E-state index in [0.717, 1.165) is 12.2 Å². The Labute approximate surface area is 91.4 Å². The minimum absolute atomic E-state index is 0.116. The van der Waals surface area contributed by atoms with Gasteiger partial charge in [0, 0.05) is 11.3 Å². The molecule has 2 N–H and O–H groups in total. The Morgan fingerprint density at radius 2 is 1.93 bits per heavy atom. The summed E-state index contributed by atoms with van der Waals surface area (Å²) in [7, 11) is 0. The van der Waals surface area contributed by atoms with Gasteiger partial charge in [-0.25, -0.2) is 8.78 Å². The van der Waals surface area contributed by atoms with E-state index in [-0.39, 0.29) is 16.5 Å². The molecule has 0 spiro atoms. The topological polar surface area (TPSA) is 26.0 Å². The van der Waals surface area contributed by atoms with Crippen LogP contribution in [0.15, 0.2) is 24.3 Å². The molecule has 1 aromatic carbocycles. The first-order chi connectivity index (χ1) is 7.18. The molecule has 0 radical (unpaired) electrons. The van der Waals surface area contributed by atoms with E-state index in [9.17, 15) is 8.78 Å². The average molecular weight is 227 g/mol. The van der Waals surface area contributed by atoms with Crippen LogP contribution < -0.4 is 5.73 Å². The normalized spacial score (nSPS) is 20.5. The predicted molar refractivity (Wildman–Crippen MR) is 59.7 cm³/mol. The van der Waals surface area contributed by atoms with Crippen molar-refractivity contribution in [2.75, 3.05) is 11.5 Å². The van der Waals surface area contributed by atoms with E-state index >= 15 is 0 Å². The smallest absolute Gasteiger partial charge is 0.132 e. The molecular weight excluding hydrogens is 216 g/mol. The highest BCUT2D eigenvalue weighted by atomic mass is 32.2. The molecule has 0 aliphatic carbocycles. The molecule has 0 bridgehead atoms. The second-order valence-electron chi connectivity index (χ2n) is 3.41. The second kappa shape index (κ2) is 4.23. The molecule has 1 unspecified atom stereocenters. The third-order valence-electron chi connectivity index (χ3n) is 2.28. The van der Waals surface area contributed by atoms with Gasteiger partial charge in [0.2, 0.25) is 0 Å². The summed E-state index contributed by atoms with van der Waals surface area (Å²) in [6.45, 7) is 0. The maximum absolute atomic E-state index is 13.5. The maximum Gasteiger partial charge on any atom is 0.132 e. The minimum Gasteiger partial charge on any atom is -0.399 e. The van der Waals surface area contributed by atoms with Crippen LogP contribution in [0.5, 0.6) is 0 Å². The summed E-state index contributed by atoms with van der Waals surface area (Å²) >= 11 is 1.54. The van der Waals surface area contributed by atoms with E-state index in [2.05, 4.69) is 0 Å². The number of allylic oxidation sites excluding steroid dienone is 1. The van der Waals surface area contributed by atoms with Crippen LogP contribution >= 0.6 is 11.8 Å².